The molecule has 0 aromatic heterocycles. The Kier molecular flexibility index (Phi) is 6.04. The molecule has 1 rings (SSSR count). The fourth-order valence-electron chi connectivity index (χ4n) is 1.54. The molecule has 0 fully saturated rings. The van der Waals surface area contributed by atoms with E-state index >= 15 is 0 Å². The molecule has 0 spiro atoms. The molecule has 0 saturated heterocycles. The fraction of sp³-hybridized carbons (Fsp3) is 0.214. The highest BCUT2D eigenvalue weighted by atomic mass is 19.4. The van der Waals surface area contributed by atoms with Gasteiger partial charge >= 0.3 is 12.1 Å². The number of esters is 1. The SMILES string of the molecule is CN/C(N)=C(\C(=N)C(F)(F)F)C(=O)OCC(=O)c1ccc(F)cc1. The highest BCUT2D eigenvalue weighted by Gasteiger charge is 2.41. The van der Waals surface area contributed by atoms with Gasteiger partial charge in [-0.3, -0.25) is 10.2 Å². The number of carbonyl (C=O) groups is 2. The second kappa shape index (κ2) is 7.57. The summed E-state index contributed by atoms with van der Waals surface area (Å²) in [5, 5.41) is 9.12. The number of halogens is 4. The maximum Gasteiger partial charge on any atom is 0.433 e. The first kappa shape index (κ1) is 19.1. The van der Waals surface area contributed by atoms with Gasteiger partial charge in [-0.2, -0.15) is 13.2 Å². The number of ketones is 1. The van der Waals surface area contributed by atoms with Crippen molar-refractivity contribution in [1.29, 1.82) is 5.41 Å². The zero-order valence-corrected chi connectivity index (χ0v) is 12.3. The van der Waals surface area contributed by atoms with E-state index in [-0.39, 0.29) is 5.56 Å². The molecule has 0 aliphatic carbocycles. The second-order valence-electron chi connectivity index (χ2n) is 4.42. The van der Waals surface area contributed by atoms with E-state index in [9.17, 15) is 27.2 Å². The number of carbonyl (C=O) groups excluding carboxylic acids is 2. The normalized spacial score (nSPS) is 12.2. The van der Waals surface area contributed by atoms with Crippen molar-refractivity contribution >= 4 is 17.5 Å². The minimum Gasteiger partial charge on any atom is -0.454 e. The van der Waals surface area contributed by atoms with Crippen LogP contribution in [-0.4, -0.2) is 37.3 Å². The van der Waals surface area contributed by atoms with Crippen molar-refractivity contribution in [3.8, 4) is 0 Å². The van der Waals surface area contributed by atoms with Gasteiger partial charge in [0, 0.05) is 12.6 Å². The molecular weight excluding hydrogens is 334 g/mol. The second-order valence-corrected chi connectivity index (χ2v) is 4.42. The van der Waals surface area contributed by atoms with Gasteiger partial charge in [0.25, 0.3) is 0 Å². The molecule has 0 amide bonds. The fourth-order valence-corrected chi connectivity index (χ4v) is 1.54. The summed E-state index contributed by atoms with van der Waals surface area (Å²) in [5.41, 5.74) is 2.01. The Bertz CT molecular complexity index is 682. The Balaban J connectivity index is 2.89. The Morgan fingerprint density at radius 2 is 1.79 bits per heavy atom. The topological polar surface area (TPSA) is 105 Å². The lowest BCUT2D eigenvalue weighted by atomic mass is 10.1. The summed E-state index contributed by atoms with van der Waals surface area (Å²) in [4.78, 5) is 23.5. The van der Waals surface area contributed by atoms with Crippen LogP contribution in [0.1, 0.15) is 10.4 Å². The highest BCUT2D eigenvalue weighted by molar-refractivity contribution is 6.21. The van der Waals surface area contributed by atoms with Crippen molar-refractivity contribution in [2.24, 2.45) is 5.73 Å². The lowest BCUT2D eigenvalue weighted by molar-refractivity contribution is -0.138. The van der Waals surface area contributed by atoms with Gasteiger partial charge in [0.2, 0.25) is 0 Å². The lowest BCUT2D eigenvalue weighted by Crippen LogP contribution is -2.34. The first-order valence-electron chi connectivity index (χ1n) is 6.37. The van der Waals surface area contributed by atoms with Gasteiger partial charge in [-0.05, 0) is 24.3 Å². The van der Waals surface area contributed by atoms with Crippen LogP contribution in [0.15, 0.2) is 35.7 Å². The van der Waals surface area contributed by atoms with Crippen molar-refractivity contribution in [3.63, 3.8) is 0 Å². The minimum absolute atomic E-state index is 0.00205. The van der Waals surface area contributed by atoms with Gasteiger partial charge in [0.1, 0.15) is 17.2 Å². The Hall–Kier alpha value is -2.91. The number of nitrogens with one attached hydrogen (secondary N) is 2. The number of alkyl halides is 3. The van der Waals surface area contributed by atoms with Gasteiger partial charge in [0.05, 0.1) is 0 Å². The molecule has 0 aliphatic heterocycles. The Morgan fingerprint density at radius 3 is 2.25 bits per heavy atom. The van der Waals surface area contributed by atoms with E-state index < -0.39 is 47.5 Å². The Morgan fingerprint density at radius 1 is 1.25 bits per heavy atom. The number of nitrogens with two attached hydrogens (primary N) is 1. The highest BCUT2D eigenvalue weighted by Crippen LogP contribution is 2.22. The predicted molar refractivity (Wildman–Crippen MR) is 75.7 cm³/mol. The van der Waals surface area contributed by atoms with E-state index in [1.807, 2.05) is 0 Å². The van der Waals surface area contributed by atoms with Crippen molar-refractivity contribution in [2.45, 2.75) is 6.18 Å². The quantitative estimate of drug-likeness (QED) is 0.238. The lowest BCUT2D eigenvalue weighted by Gasteiger charge is -2.14. The van der Waals surface area contributed by atoms with Crippen molar-refractivity contribution in [2.75, 3.05) is 13.7 Å². The van der Waals surface area contributed by atoms with Crippen LogP contribution in [0.2, 0.25) is 0 Å². The summed E-state index contributed by atoms with van der Waals surface area (Å²) >= 11 is 0. The third kappa shape index (κ3) is 4.80. The summed E-state index contributed by atoms with van der Waals surface area (Å²) in [6.45, 7) is -0.893. The van der Waals surface area contributed by atoms with Gasteiger partial charge in [-0.15, -0.1) is 0 Å². The van der Waals surface area contributed by atoms with Crippen LogP contribution < -0.4 is 11.1 Å². The van der Waals surface area contributed by atoms with Gasteiger partial charge < -0.3 is 15.8 Å². The smallest absolute Gasteiger partial charge is 0.433 e. The molecule has 4 N–H and O–H groups in total. The van der Waals surface area contributed by atoms with Crippen LogP contribution >= 0.6 is 0 Å². The molecule has 0 saturated carbocycles. The summed E-state index contributed by atoms with van der Waals surface area (Å²) in [6.07, 6.45) is -5.13. The molecule has 0 aliphatic rings. The summed E-state index contributed by atoms with van der Waals surface area (Å²) < 4.78 is 55.1. The summed E-state index contributed by atoms with van der Waals surface area (Å²) in [6, 6.07) is 4.25. The predicted octanol–water partition coefficient (Wildman–Crippen LogP) is 1.52. The monoisotopic (exact) mass is 347 g/mol. The number of hydrogen-bond acceptors (Lipinski definition) is 6. The number of Topliss-reactive ketones (excluding diaryl/α,β-unsaturated/α-hetero) is 1. The standard InChI is InChI=1S/C14H13F4N3O3/c1-21-12(20)10(11(19)14(16,17)18)13(23)24-6-9(22)7-2-4-8(15)5-3-7/h2-5,19,21H,6,20H2,1H3/b12-10+,19-11?. The molecule has 0 atom stereocenters. The van der Waals surface area contributed by atoms with Crippen LogP contribution in [0.3, 0.4) is 0 Å². The molecule has 130 valence electrons. The van der Waals surface area contributed by atoms with Gasteiger partial charge in [-0.1, -0.05) is 0 Å². The van der Waals surface area contributed by atoms with E-state index in [1.165, 1.54) is 0 Å². The molecule has 10 heteroatoms. The van der Waals surface area contributed by atoms with Crippen molar-refractivity contribution in [1.82, 2.24) is 5.32 Å². The van der Waals surface area contributed by atoms with E-state index in [0.29, 0.717) is 0 Å². The zero-order valence-electron chi connectivity index (χ0n) is 12.3. The van der Waals surface area contributed by atoms with Crippen LogP contribution in [-0.2, 0) is 9.53 Å². The first-order valence-corrected chi connectivity index (χ1v) is 6.37. The summed E-state index contributed by atoms with van der Waals surface area (Å²) in [5.74, 6) is -3.66. The average molecular weight is 347 g/mol. The number of rotatable bonds is 6. The van der Waals surface area contributed by atoms with Crippen LogP contribution in [0.4, 0.5) is 17.6 Å². The molecule has 6 nitrogen and oxygen atoms in total. The molecule has 1 aromatic rings. The molecule has 0 heterocycles. The summed E-state index contributed by atoms with van der Waals surface area (Å²) in [7, 11) is 1.15. The molecule has 0 unspecified atom stereocenters. The largest absolute Gasteiger partial charge is 0.454 e. The minimum atomic E-state index is -5.13. The zero-order chi connectivity index (χ0) is 18.5. The van der Waals surface area contributed by atoms with Crippen LogP contribution in [0, 0.1) is 11.2 Å². The third-order valence-corrected chi connectivity index (χ3v) is 2.78. The third-order valence-electron chi connectivity index (χ3n) is 2.78. The van der Waals surface area contributed by atoms with Crippen molar-refractivity contribution in [3.05, 3.63) is 47.0 Å². The average Bonchev–Trinajstić information content (AvgIpc) is 2.52. The number of hydrogen-bond donors (Lipinski definition) is 3. The molecule has 0 radical (unpaired) electrons. The van der Waals surface area contributed by atoms with Gasteiger partial charge in [0.15, 0.2) is 18.1 Å². The molecular formula is C14H13F4N3O3. The van der Waals surface area contributed by atoms with Gasteiger partial charge in [-0.25, -0.2) is 9.18 Å². The van der Waals surface area contributed by atoms with Crippen molar-refractivity contribution < 1.29 is 31.9 Å². The van der Waals surface area contributed by atoms with E-state index in [2.05, 4.69) is 10.1 Å². The van der Waals surface area contributed by atoms with Crippen LogP contribution in [0.25, 0.3) is 0 Å². The number of ether oxygens (including phenoxy) is 1. The maximum absolute atomic E-state index is 12.7. The molecule has 24 heavy (non-hydrogen) atoms. The van der Waals surface area contributed by atoms with Crippen LogP contribution in [0.5, 0.6) is 0 Å². The van der Waals surface area contributed by atoms with E-state index in [4.69, 9.17) is 11.1 Å². The Labute approximate surface area is 133 Å². The first-order chi connectivity index (χ1) is 11.1. The molecule has 0 bridgehead atoms. The van der Waals surface area contributed by atoms with E-state index in [1.54, 1.807) is 0 Å². The molecule has 1 aromatic carbocycles. The maximum atomic E-state index is 12.7. The number of benzene rings is 1. The van der Waals surface area contributed by atoms with E-state index in [0.717, 1.165) is 31.3 Å².